The number of hydrogen-bond donors (Lipinski definition) is 2. The standard InChI is InChI=1S/C19H26N2O2S/c1-18(2,3)17-21-15(13-24-17)10-11-20-16(22)12-19(4,23)14-8-6-5-7-9-14/h5-9,13,23H,10-12H2,1-4H3,(H,20,22). The van der Waals surface area contributed by atoms with Gasteiger partial charge in [-0.2, -0.15) is 0 Å². The Morgan fingerprint density at radius 1 is 1.21 bits per heavy atom. The molecule has 0 aliphatic carbocycles. The Kier molecular flexibility index (Phi) is 5.78. The number of amides is 1. The van der Waals surface area contributed by atoms with Crippen LogP contribution in [0, 0.1) is 0 Å². The van der Waals surface area contributed by atoms with E-state index in [1.807, 2.05) is 35.7 Å². The van der Waals surface area contributed by atoms with Crippen molar-refractivity contribution >= 4 is 17.2 Å². The van der Waals surface area contributed by atoms with Crippen molar-refractivity contribution in [1.29, 1.82) is 0 Å². The van der Waals surface area contributed by atoms with Gasteiger partial charge in [-0.15, -0.1) is 11.3 Å². The van der Waals surface area contributed by atoms with Gasteiger partial charge in [0.05, 0.1) is 22.7 Å². The van der Waals surface area contributed by atoms with Crippen molar-refractivity contribution in [2.24, 2.45) is 0 Å². The van der Waals surface area contributed by atoms with E-state index in [0.29, 0.717) is 13.0 Å². The molecule has 0 aliphatic rings. The Labute approximate surface area is 148 Å². The van der Waals surface area contributed by atoms with Gasteiger partial charge >= 0.3 is 0 Å². The first-order valence-electron chi connectivity index (χ1n) is 8.18. The number of benzene rings is 1. The number of nitrogens with one attached hydrogen (secondary N) is 1. The van der Waals surface area contributed by atoms with Gasteiger partial charge < -0.3 is 10.4 Å². The van der Waals surface area contributed by atoms with Gasteiger partial charge in [-0.05, 0) is 12.5 Å². The van der Waals surface area contributed by atoms with E-state index in [4.69, 9.17) is 0 Å². The maximum atomic E-state index is 12.1. The van der Waals surface area contributed by atoms with Crippen molar-refractivity contribution in [3.8, 4) is 0 Å². The number of hydrogen-bond acceptors (Lipinski definition) is 4. The Hall–Kier alpha value is -1.72. The maximum absolute atomic E-state index is 12.1. The molecule has 0 spiro atoms. The molecule has 24 heavy (non-hydrogen) atoms. The number of carbonyl (C=O) groups is 1. The Bertz CT molecular complexity index is 672. The van der Waals surface area contributed by atoms with Crippen molar-refractivity contribution in [1.82, 2.24) is 10.3 Å². The van der Waals surface area contributed by atoms with E-state index in [-0.39, 0.29) is 17.7 Å². The fourth-order valence-electron chi connectivity index (χ4n) is 2.37. The topological polar surface area (TPSA) is 62.2 Å². The van der Waals surface area contributed by atoms with Crippen LogP contribution in [0.5, 0.6) is 0 Å². The molecule has 0 bridgehead atoms. The molecular weight excluding hydrogens is 320 g/mol. The van der Waals surface area contributed by atoms with E-state index in [9.17, 15) is 9.90 Å². The molecule has 0 saturated heterocycles. The lowest BCUT2D eigenvalue weighted by Gasteiger charge is -2.23. The van der Waals surface area contributed by atoms with Crippen LogP contribution in [0.3, 0.4) is 0 Å². The van der Waals surface area contributed by atoms with Gasteiger partial charge in [-0.3, -0.25) is 4.79 Å². The van der Waals surface area contributed by atoms with Crippen molar-refractivity contribution in [3.63, 3.8) is 0 Å². The van der Waals surface area contributed by atoms with E-state index in [2.05, 4.69) is 31.1 Å². The molecule has 2 N–H and O–H groups in total. The third-order valence-corrected chi connectivity index (χ3v) is 5.11. The molecule has 130 valence electrons. The molecule has 1 aromatic heterocycles. The van der Waals surface area contributed by atoms with Gasteiger partial charge in [0, 0.05) is 23.8 Å². The van der Waals surface area contributed by atoms with Crippen molar-refractivity contribution in [2.45, 2.75) is 51.6 Å². The zero-order chi connectivity index (χ0) is 17.8. The van der Waals surface area contributed by atoms with E-state index in [0.717, 1.165) is 16.3 Å². The van der Waals surface area contributed by atoms with Crippen LogP contribution in [0.25, 0.3) is 0 Å². The van der Waals surface area contributed by atoms with Crippen LogP contribution in [0.4, 0.5) is 0 Å². The molecule has 0 aliphatic heterocycles. The molecule has 1 unspecified atom stereocenters. The van der Waals surface area contributed by atoms with Crippen LogP contribution < -0.4 is 5.32 Å². The second kappa shape index (κ2) is 7.45. The highest BCUT2D eigenvalue weighted by Crippen LogP contribution is 2.26. The lowest BCUT2D eigenvalue weighted by atomic mass is 9.92. The predicted molar refractivity (Wildman–Crippen MR) is 98.2 cm³/mol. The highest BCUT2D eigenvalue weighted by atomic mass is 32.1. The summed E-state index contributed by atoms with van der Waals surface area (Å²) in [6.07, 6.45) is 0.743. The summed E-state index contributed by atoms with van der Waals surface area (Å²) in [4.78, 5) is 16.7. The van der Waals surface area contributed by atoms with Crippen molar-refractivity contribution in [3.05, 3.63) is 52.0 Å². The minimum atomic E-state index is -1.16. The lowest BCUT2D eigenvalue weighted by Crippen LogP contribution is -2.33. The fourth-order valence-corrected chi connectivity index (χ4v) is 3.31. The average Bonchev–Trinajstić information content (AvgIpc) is 2.97. The summed E-state index contributed by atoms with van der Waals surface area (Å²) < 4.78 is 0. The lowest BCUT2D eigenvalue weighted by molar-refractivity contribution is -0.125. The number of thiazole rings is 1. The van der Waals surface area contributed by atoms with Gasteiger partial charge in [0.2, 0.25) is 5.91 Å². The van der Waals surface area contributed by atoms with Crippen LogP contribution in [0.2, 0.25) is 0 Å². The third-order valence-electron chi connectivity index (χ3n) is 3.80. The summed E-state index contributed by atoms with van der Waals surface area (Å²) in [5, 5.41) is 16.5. The fraction of sp³-hybridized carbons (Fsp3) is 0.474. The average molecular weight is 346 g/mol. The first-order chi connectivity index (χ1) is 11.2. The zero-order valence-corrected chi connectivity index (χ0v) is 15.6. The van der Waals surface area contributed by atoms with E-state index < -0.39 is 5.60 Å². The summed E-state index contributed by atoms with van der Waals surface area (Å²) in [6, 6.07) is 9.26. The molecule has 1 heterocycles. The van der Waals surface area contributed by atoms with Crippen LogP contribution in [-0.4, -0.2) is 22.5 Å². The number of aliphatic hydroxyl groups is 1. The predicted octanol–water partition coefficient (Wildman–Crippen LogP) is 3.40. The molecule has 0 saturated carbocycles. The summed E-state index contributed by atoms with van der Waals surface area (Å²) in [5.74, 6) is -0.157. The second-order valence-electron chi connectivity index (χ2n) is 7.31. The SMILES string of the molecule is CC(C)(C)c1nc(CCNC(=O)CC(C)(O)c2ccccc2)cs1. The first-order valence-corrected chi connectivity index (χ1v) is 9.06. The summed E-state index contributed by atoms with van der Waals surface area (Å²) in [7, 11) is 0. The van der Waals surface area contributed by atoms with E-state index in [1.54, 1.807) is 18.3 Å². The highest BCUT2D eigenvalue weighted by molar-refractivity contribution is 7.09. The highest BCUT2D eigenvalue weighted by Gasteiger charge is 2.26. The summed E-state index contributed by atoms with van der Waals surface area (Å²) in [6.45, 7) is 8.62. The van der Waals surface area contributed by atoms with E-state index in [1.165, 1.54) is 0 Å². The van der Waals surface area contributed by atoms with E-state index >= 15 is 0 Å². The van der Waals surface area contributed by atoms with Crippen LogP contribution in [-0.2, 0) is 22.2 Å². The smallest absolute Gasteiger partial charge is 0.223 e. The third kappa shape index (κ3) is 5.14. The maximum Gasteiger partial charge on any atom is 0.223 e. The number of rotatable bonds is 6. The Balaban J connectivity index is 1.82. The molecule has 5 heteroatoms. The largest absolute Gasteiger partial charge is 0.385 e. The van der Waals surface area contributed by atoms with Gasteiger partial charge in [0.15, 0.2) is 0 Å². The molecular formula is C19H26N2O2S. The van der Waals surface area contributed by atoms with Crippen molar-refractivity contribution < 1.29 is 9.90 Å². The minimum absolute atomic E-state index is 0.0430. The van der Waals surface area contributed by atoms with Crippen LogP contribution in [0.1, 0.15) is 50.4 Å². The molecule has 0 radical (unpaired) electrons. The number of nitrogens with zero attached hydrogens (tertiary/aromatic N) is 1. The first kappa shape index (κ1) is 18.6. The Morgan fingerprint density at radius 2 is 1.88 bits per heavy atom. The second-order valence-corrected chi connectivity index (χ2v) is 8.17. The molecule has 2 aromatic rings. The van der Waals surface area contributed by atoms with Gasteiger partial charge in [0.1, 0.15) is 0 Å². The molecule has 1 aromatic carbocycles. The minimum Gasteiger partial charge on any atom is -0.385 e. The molecule has 0 fully saturated rings. The summed E-state index contributed by atoms with van der Waals surface area (Å²) in [5.41, 5.74) is 0.640. The number of carbonyl (C=O) groups excluding carboxylic acids is 1. The molecule has 4 nitrogen and oxygen atoms in total. The van der Waals surface area contributed by atoms with Gasteiger partial charge in [-0.1, -0.05) is 51.1 Å². The molecule has 1 atom stereocenters. The number of aromatic nitrogens is 1. The van der Waals surface area contributed by atoms with Crippen LogP contribution in [0.15, 0.2) is 35.7 Å². The van der Waals surface area contributed by atoms with Crippen LogP contribution >= 0.6 is 11.3 Å². The van der Waals surface area contributed by atoms with Gasteiger partial charge in [-0.25, -0.2) is 4.98 Å². The molecule has 2 rings (SSSR count). The normalized spacial score (nSPS) is 14.2. The monoisotopic (exact) mass is 346 g/mol. The Morgan fingerprint density at radius 3 is 2.46 bits per heavy atom. The zero-order valence-electron chi connectivity index (χ0n) is 14.8. The van der Waals surface area contributed by atoms with Gasteiger partial charge in [0.25, 0.3) is 0 Å². The van der Waals surface area contributed by atoms with Crippen molar-refractivity contribution in [2.75, 3.05) is 6.54 Å². The quantitative estimate of drug-likeness (QED) is 0.843. The molecule has 1 amide bonds. The summed E-state index contributed by atoms with van der Waals surface area (Å²) >= 11 is 1.66.